The minimum atomic E-state index is -0.496. The Morgan fingerprint density at radius 3 is 2.76 bits per heavy atom. The van der Waals surface area contributed by atoms with Crippen molar-refractivity contribution in [3.05, 3.63) is 29.6 Å². The summed E-state index contributed by atoms with van der Waals surface area (Å²) in [5.74, 6) is -0.697. The number of halogens is 1. The highest BCUT2D eigenvalue weighted by atomic mass is 19.1. The van der Waals surface area contributed by atoms with Gasteiger partial charge in [0.2, 0.25) is 0 Å². The van der Waals surface area contributed by atoms with Gasteiger partial charge in [0, 0.05) is 12.1 Å². The maximum absolute atomic E-state index is 12.9. The van der Waals surface area contributed by atoms with E-state index in [1.807, 2.05) is 0 Å². The molecule has 1 amide bonds. The number of hydrogen-bond acceptors (Lipinski definition) is 2. The van der Waals surface area contributed by atoms with Gasteiger partial charge >= 0.3 is 0 Å². The molecule has 0 aromatic heterocycles. The Labute approximate surface area is 101 Å². The molecule has 0 saturated carbocycles. The van der Waals surface area contributed by atoms with Gasteiger partial charge in [0.1, 0.15) is 5.82 Å². The molecule has 0 heterocycles. The highest BCUT2D eigenvalue weighted by Crippen LogP contribution is 2.12. The van der Waals surface area contributed by atoms with Gasteiger partial charge in [0.15, 0.2) is 0 Å². The van der Waals surface area contributed by atoms with E-state index in [1.165, 1.54) is 31.0 Å². The number of amides is 1. The fourth-order valence-electron chi connectivity index (χ4n) is 1.54. The molecule has 0 aliphatic carbocycles. The summed E-state index contributed by atoms with van der Waals surface area (Å²) in [5.41, 5.74) is 5.80. The van der Waals surface area contributed by atoms with Crippen LogP contribution in [0, 0.1) is 5.82 Å². The van der Waals surface area contributed by atoms with Crippen molar-refractivity contribution in [3.8, 4) is 0 Å². The molecule has 17 heavy (non-hydrogen) atoms. The van der Waals surface area contributed by atoms with Crippen molar-refractivity contribution >= 4 is 11.6 Å². The zero-order valence-corrected chi connectivity index (χ0v) is 10.1. The van der Waals surface area contributed by atoms with E-state index in [2.05, 4.69) is 12.2 Å². The molecule has 0 atom stereocenters. The molecule has 3 N–H and O–H groups in total. The molecule has 1 aromatic rings. The Kier molecular flexibility index (Phi) is 5.46. The summed E-state index contributed by atoms with van der Waals surface area (Å²) in [6, 6.07) is 4.01. The van der Waals surface area contributed by atoms with Gasteiger partial charge in [0.05, 0.1) is 5.69 Å². The molecule has 0 saturated heterocycles. The van der Waals surface area contributed by atoms with E-state index in [4.69, 9.17) is 5.73 Å². The van der Waals surface area contributed by atoms with Crippen LogP contribution in [0.1, 0.15) is 43.0 Å². The van der Waals surface area contributed by atoms with Crippen molar-refractivity contribution in [2.24, 2.45) is 0 Å². The first-order chi connectivity index (χ1) is 8.15. The molecule has 1 aromatic carbocycles. The number of nitrogens with two attached hydrogens (primary N) is 1. The standard InChI is InChI=1S/C13H19FN2O/c1-2-3-4-5-8-16-13(17)10-6-7-11(14)12(15)9-10/h6-7,9H,2-5,8,15H2,1H3,(H,16,17). The van der Waals surface area contributed by atoms with Gasteiger partial charge in [-0.2, -0.15) is 0 Å². The van der Waals surface area contributed by atoms with Crippen LogP contribution in [0.3, 0.4) is 0 Å². The third-order valence-corrected chi connectivity index (χ3v) is 2.57. The Balaban J connectivity index is 2.39. The fourth-order valence-corrected chi connectivity index (χ4v) is 1.54. The number of benzene rings is 1. The lowest BCUT2D eigenvalue weighted by Crippen LogP contribution is -2.24. The van der Waals surface area contributed by atoms with Crippen LogP contribution in [0.25, 0.3) is 0 Å². The van der Waals surface area contributed by atoms with E-state index in [0.29, 0.717) is 12.1 Å². The average molecular weight is 238 g/mol. The molecule has 0 fully saturated rings. The maximum Gasteiger partial charge on any atom is 0.251 e. The third-order valence-electron chi connectivity index (χ3n) is 2.57. The van der Waals surface area contributed by atoms with Crippen LogP contribution in [0.2, 0.25) is 0 Å². The lowest BCUT2D eigenvalue weighted by molar-refractivity contribution is 0.0953. The monoisotopic (exact) mass is 238 g/mol. The molecule has 0 radical (unpaired) electrons. The summed E-state index contributed by atoms with van der Waals surface area (Å²) >= 11 is 0. The van der Waals surface area contributed by atoms with Crippen molar-refractivity contribution in [2.75, 3.05) is 12.3 Å². The Hall–Kier alpha value is -1.58. The quantitative estimate of drug-likeness (QED) is 0.591. The van der Waals surface area contributed by atoms with Crippen molar-refractivity contribution in [1.82, 2.24) is 5.32 Å². The summed E-state index contributed by atoms with van der Waals surface area (Å²) in [5, 5.41) is 2.79. The van der Waals surface area contributed by atoms with Gasteiger partial charge in [0.25, 0.3) is 5.91 Å². The predicted molar refractivity (Wildman–Crippen MR) is 67.3 cm³/mol. The molecule has 0 spiro atoms. The van der Waals surface area contributed by atoms with Gasteiger partial charge in [-0.25, -0.2) is 4.39 Å². The highest BCUT2D eigenvalue weighted by molar-refractivity contribution is 5.94. The number of hydrogen-bond donors (Lipinski definition) is 2. The summed E-state index contributed by atoms with van der Waals surface area (Å²) in [4.78, 5) is 11.7. The molecule has 94 valence electrons. The van der Waals surface area contributed by atoms with Gasteiger partial charge in [-0.15, -0.1) is 0 Å². The van der Waals surface area contributed by atoms with E-state index in [1.54, 1.807) is 0 Å². The van der Waals surface area contributed by atoms with Crippen LogP contribution >= 0.6 is 0 Å². The van der Waals surface area contributed by atoms with E-state index in [9.17, 15) is 9.18 Å². The topological polar surface area (TPSA) is 55.1 Å². The van der Waals surface area contributed by atoms with E-state index >= 15 is 0 Å². The normalized spacial score (nSPS) is 10.2. The molecular weight excluding hydrogens is 219 g/mol. The highest BCUT2D eigenvalue weighted by Gasteiger charge is 2.07. The molecule has 3 nitrogen and oxygen atoms in total. The van der Waals surface area contributed by atoms with E-state index in [-0.39, 0.29) is 11.6 Å². The fraction of sp³-hybridized carbons (Fsp3) is 0.462. The number of carbonyl (C=O) groups excluding carboxylic acids is 1. The Bertz CT molecular complexity index is 380. The summed E-state index contributed by atoms with van der Waals surface area (Å²) in [6.07, 6.45) is 4.43. The van der Waals surface area contributed by atoms with Gasteiger partial charge < -0.3 is 11.1 Å². The average Bonchev–Trinajstić information content (AvgIpc) is 2.32. The van der Waals surface area contributed by atoms with Crippen molar-refractivity contribution < 1.29 is 9.18 Å². The van der Waals surface area contributed by atoms with Crippen LogP contribution in [-0.4, -0.2) is 12.5 Å². The van der Waals surface area contributed by atoms with Crippen LogP contribution in [0.4, 0.5) is 10.1 Å². The second-order valence-electron chi connectivity index (χ2n) is 4.05. The second kappa shape index (κ2) is 6.89. The second-order valence-corrected chi connectivity index (χ2v) is 4.05. The third kappa shape index (κ3) is 4.43. The Morgan fingerprint density at radius 2 is 2.12 bits per heavy atom. The zero-order valence-electron chi connectivity index (χ0n) is 10.1. The smallest absolute Gasteiger partial charge is 0.251 e. The first-order valence-electron chi connectivity index (χ1n) is 5.98. The first-order valence-corrected chi connectivity index (χ1v) is 5.98. The number of rotatable bonds is 6. The number of unbranched alkanes of at least 4 members (excludes halogenated alkanes) is 3. The number of anilines is 1. The largest absolute Gasteiger partial charge is 0.396 e. The van der Waals surface area contributed by atoms with Crippen LogP contribution in [0.15, 0.2) is 18.2 Å². The van der Waals surface area contributed by atoms with Gasteiger partial charge in [-0.1, -0.05) is 26.2 Å². The molecule has 0 aliphatic heterocycles. The van der Waals surface area contributed by atoms with Crippen LogP contribution in [-0.2, 0) is 0 Å². The molecule has 0 unspecified atom stereocenters. The van der Waals surface area contributed by atoms with Crippen molar-refractivity contribution in [1.29, 1.82) is 0 Å². The molecule has 4 heteroatoms. The SMILES string of the molecule is CCCCCCNC(=O)c1ccc(F)c(N)c1. The van der Waals surface area contributed by atoms with Crippen LogP contribution in [0.5, 0.6) is 0 Å². The zero-order chi connectivity index (χ0) is 12.7. The minimum absolute atomic E-state index is 0.00336. The van der Waals surface area contributed by atoms with Gasteiger partial charge in [-0.3, -0.25) is 4.79 Å². The van der Waals surface area contributed by atoms with Gasteiger partial charge in [-0.05, 0) is 24.6 Å². The summed E-state index contributed by atoms with van der Waals surface area (Å²) < 4.78 is 12.9. The molecule has 0 aliphatic rings. The van der Waals surface area contributed by atoms with Crippen LogP contribution < -0.4 is 11.1 Å². The van der Waals surface area contributed by atoms with E-state index in [0.717, 1.165) is 12.8 Å². The Morgan fingerprint density at radius 1 is 1.35 bits per heavy atom. The maximum atomic E-state index is 12.9. The minimum Gasteiger partial charge on any atom is -0.396 e. The van der Waals surface area contributed by atoms with Crippen molar-refractivity contribution in [3.63, 3.8) is 0 Å². The first kappa shape index (κ1) is 13.5. The number of nitrogens with one attached hydrogen (secondary N) is 1. The molecular formula is C13H19FN2O. The van der Waals surface area contributed by atoms with Crippen molar-refractivity contribution in [2.45, 2.75) is 32.6 Å². The summed E-state index contributed by atoms with van der Waals surface area (Å²) in [6.45, 7) is 2.79. The number of nitrogen functional groups attached to an aromatic ring is 1. The molecule has 1 rings (SSSR count). The van der Waals surface area contributed by atoms with E-state index < -0.39 is 5.82 Å². The lowest BCUT2D eigenvalue weighted by atomic mass is 10.1. The number of carbonyl (C=O) groups is 1. The molecule has 0 bridgehead atoms. The summed E-state index contributed by atoms with van der Waals surface area (Å²) in [7, 11) is 0. The lowest BCUT2D eigenvalue weighted by Gasteiger charge is -2.06. The predicted octanol–water partition coefficient (Wildman–Crippen LogP) is 2.72.